The molecule has 0 radical (unpaired) electrons. The Morgan fingerprint density at radius 1 is 1.24 bits per heavy atom. The first kappa shape index (κ1) is 26.3. The molecule has 4 aliphatic rings. The van der Waals surface area contributed by atoms with Crippen molar-refractivity contribution in [3.8, 4) is 0 Å². The molecular formula is C27H29F3O6S. The lowest BCUT2D eigenvalue weighted by Crippen LogP contribution is -2.68. The number of carbonyl (C=O) groups is 3. The molecule has 10 heteroatoms. The summed E-state index contributed by atoms with van der Waals surface area (Å²) in [5, 5.41) is 10.8. The lowest BCUT2D eigenvalue weighted by molar-refractivity contribution is -0.201. The Labute approximate surface area is 216 Å². The number of ketones is 1. The van der Waals surface area contributed by atoms with Crippen molar-refractivity contribution in [2.75, 3.05) is 6.01 Å². The van der Waals surface area contributed by atoms with Crippen LogP contribution >= 0.6 is 11.8 Å². The van der Waals surface area contributed by atoms with Crippen molar-refractivity contribution in [2.24, 2.45) is 28.6 Å². The Hall–Kier alpha value is -2.33. The number of carbonyl (C=O) groups excluding carboxylic acids is 3. The molecule has 6 nitrogen and oxygen atoms in total. The van der Waals surface area contributed by atoms with E-state index in [-0.39, 0.29) is 30.6 Å². The SMILES string of the molecule is CC1(OC(=O)c2ccco2)CC2C3C[C@H](F)C4=CC(=O)C=C[C@]4(C)[C@@]3(F)[C@@H](O)C[C@]2(C)[C@H]1C(=O)SCF. The Morgan fingerprint density at radius 2 is 1.97 bits per heavy atom. The number of aliphatic hydroxyl groups is 1. The second kappa shape index (κ2) is 8.59. The fraction of sp³-hybridized carbons (Fsp3) is 0.593. The van der Waals surface area contributed by atoms with Crippen molar-refractivity contribution in [2.45, 2.75) is 63.6 Å². The van der Waals surface area contributed by atoms with E-state index in [1.807, 2.05) is 0 Å². The van der Waals surface area contributed by atoms with E-state index in [9.17, 15) is 23.9 Å². The topological polar surface area (TPSA) is 93.8 Å². The van der Waals surface area contributed by atoms with Gasteiger partial charge in [0.25, 0.3) is 0 Å². The van der Waals surface area contributed by atoms with Gasteiger partial charge in [-0.2, -0.15) is 0 Å². The Bertz CT molecular complexity index is 1200. The summed E-state index contributed by atoms with van der Waals surface area (Å²) in [6, 6.07) is 1.90. The highest BCUT2D eigenvalue weighted by molar-refractivity contribution is 8.13. The zero-order chi connectivity index (χ0) is 27.0. The van der Waals surface area contributed by atoms with Crippen molar-refractivity contribution in [1.82, 2.24) is 0 Å². The lowest BCUT2D eigenvalue weighted by Gasteiger charge is -2.62. The average Bonchev–Trinajstić information content (AvgIpc) is 3.42. The molecule has 0 saturated heterocycles. The van der Waals surface area contributed by atoms with E-state index in [4.69, 9.17) is 9.15 Å². The highest BCUT2D eigenvalue weighted by Crippen LogP contribution is 2.71. The van der Waals surface area contributed by atoms with E-state index in [0.29, 0.717) is 11.8 Å². The molecule has 1 aromatic heterocycles. The fourth-order valence-corrected chi connectivity index (χ4v) is 8.76. The van der Waals surface area contributed by atoms with Crippen LogP contribution in [0.5, 0.6) is 0 Å². The van der Waals surface area contributed by atoms with Crippen LogP contribution in [0.1, 0.15) is 50.6 Å². The Kier molecular flexibility index (Phi) is 6.10. The predicted octanol–water partition coefficient (Wildman–Crippen LogP) is 4.93. The molecule has 3 unspecified atom stereocenters. The summed E-state index contributed by atoms with van der Waals surface area (Å²) in [5.74, 6) is -4.21. The van der Waals surface area contributed by atoms with Gasteiger partial charge in [0.15, 0.2) is 16.6 Å². The van der Waals surface area contributed by atoms with Gasteiger partial charge in [0.05, 0.1) is 18.3 Å². The molecule has 1 heterocycles. The number of hydrogen-bond acceptors (Lipinski definition) is 7. The quantitative estimate of drug-likeness (QED) is 0.544. The third-order valence-corrected chi connectivity index (χ3v) is 10.1. The van der Waals surface area contributed by atoms with Crippen LogP contribution in [0.4, 0.5) is 13.2 Å². The minimum Gasteiger partial charge on any atom is -0.457 e. The van der Waals surface area contributed by atoms with Gasteiger partial charge >= 0.3 is 5.97 Å². The summed E-state index contributed by atoms with van der Waals surface area (Å²) in [6.07, 6.45) is 1.17. The summed E-state index contributed by atoms with van der Waals surface area (Å²) in [6.45, 7) is 4.74. The number of aliphatic hydroxyl groups excluding tert-OH is 1. The first-order chi connectivity index (χ1) is 17.3. The summed E-state index contributed by atoms with van der Waals surface area (Å²) in [7, 11) is 0. The first-order valence-electron chi connectivity index (χ1n) is 12.3. The molecule has 3 fully saturated rings. The van der Waals surface area contributed by atoms with Crippen LogP contribution in [0.15, 0.2) is 46.6 Å². The third kappa shape index (κ3) is 3.54. The van der Waals surface area contributed by atoms with E-state index in [2.05, 4.69) is 0 Å². The van der Waals surface area contributed by atoms with Gasteiger partial charge in [0, 0.05) is 11.3 Å². The summed E-state index contributed by atoms with van der Waals surface area (Å²) >= 11 is 0.430. The number of thioether (sulfide) groups is 1. The maximum atomic E-state index is 17.4. The van der Waals surface area contributed by atoms with Crippen LogP contribution in [0, 0.1) is 28.6 Å². The van der Waals surface area contributed by atoms with E-state index in [1.54, 1.807) is 13.8 Å². The number of esters is 1. The molecule has 0 bridgehead atoms. The van der Waals surface area contributed by atoms with E-state index in [0.717, 1.165) is 6.08 Å². The number of alkyl halides is 3. The van der Waals surface area contributed by atoms with Crippen LogP contribution in [0.3, 0.4) is 0 Å². The standard InChI is InChI=1S/C27H29F3O6S/c1-24-12-20(32)27(30)15(10-18(29)16-9-14(31)6-7-25(16,27)2)17(24)11-26(3,21(24)23(34)37-13-28)36-22(33)19-5-4-8-35-19/h4-9,15,17-18,20-21,32H,10-13H2,1-3H3/t15?,17?,18-,20-,21+,24-,25-,26?,27-/m0/s1. The second-order valence-electron chi connectivity index (χ2n) is 11.3. The maximum Gasteiger partial charge on any atom is 0.374 e. The van der Waals surface area contributed by atoms with Crippen LogP contribution < -0.4 is 0 Å². The van der Waals surface area contributed by atoms with Crippen LogP contribution in [-0.2, 0) is 14.3 Å². The monoisotopic (exact) mass is 538 g/mol. The normalized spacial score (nSPS) is 44.5. The third-order valence-electron chi connectivity index (χ3n) is 9.44. The molecule has 37 heavy (non-hydrogen) atoms. The molecule has 0 amide bonds. The van der Waals surface area contributed by atoms with Gasteiger partial charge < -0.3 is 14.3 Å². The predicted molar refractivity (Wildman–Crippen MR) is 129 cm³/mol. The number of fused-ring (bicyclic) bond motifs is 5. The molecule has 1 aromatic rings. The molecule has 0 aliphatic heterocycles. The molecular weight excluding hydrogens is 509 g/mol. The average molecular weight is 539 g/mol. The number of furan rings is 1. The Morgan fingerprint density at radius 3 is 2.62 bits per heavy atom. The fourth-order valence-electron chi connectivity index (χ4n) is 7.97. The Balaban J connectivity index is 1.61. The number of hydrogen-bond donors (Lipinski definition) is 1. The molecule has 0 aromatic carbocycles. The molecule has 0 spiro atoms. The minimum absolute atomic E-state index is 0.00670. The van der Waals surface area contributed by atoms with Crippen molar-refractivity contribution in [3.63, 3.8) is 0 Å². The largest absolute Gasteiger partial charge is 0.457 e. The van der Waals surface area contributed by atoms with Crippen LogP contribution in [0.2, 0.25) is 0 Å². The van der Waals surface area contributed by atoms with Gasteiger partial charge in [0.1, 0.15) is 17.8 Å². The number of allylic oxidation sites excluding steroid dienone is 4. The van der Waals surface area contributed by atoms with Crippen molar-refractivity contribution < 1.29 is 41.8 Å². The molecule has 4 aliphatic carbocycles. The van der Waals surface area contributed by atoms with Gasteiger partial charge in [-0.1, -0.05) is 24.8 Å². The van der Waals surface area contributed by atoms with Crippen molar-refractivity contribution >= 4 is 28.6 Å². The summed E-state index contributed by atoms with van der Waals surface area (Å²) < 4.78 is 57.3. The van der Waals surface area contributed by atoms with Gasteiger partial charge in [-0.05, 0) is 74.3 Å². The maximum absolute atomic E-state index is 17.4. The molecule has 9 atom stereocenters. The van der Waals surface area contributed by atoms with Crippen molar-refractivity contribution in [3.05, 3.63) is 48.0 Å². The zero-order valence-corrected chi connectivity index (χ0v) is 21.5. The van der Waals surface area contributed by atoms with Crippen LogP contribution in [-0.4, -0.2) is 51.5 Å². The van der Waals surface area contributed by atoms with Gasteiger partial charge in [-0.15, -0.1) is 0 Å². The van der Waals surface area contributed by atoms with Gasteiger partial charge in [-0.25, -0.2) is 18.0 Å². The van der Waals surface area contributed by atoms with Gasteiger partial charge in [-0.3, -0.25) is 9.59 Å². The first-order valence-corrected chi connectivity index (χ1v) is 13.3. The minimum atomic E-state index is -2.35. The summed E-state index contributed by atoms with van der Waals surface area (Å²) in [4.78, 5) is 38.2. The number of rotatable bonds is 4. The van der Waals surface area contributed by atoms with Crippen LogP contribution in [0.25, 0.3) is 0 Å². The molecule has 5 rings (SSSR count). The zero-order valence-electron chi connectivity index (χ0n) is 20.7. The molecule has 200 valence electrons. The number of halogens is 3. The van der Waals surface area contributed by atoms with E-state index < -0.39 is 75.0 Å². The van der Waals surface area contributed by atoms with Gasteiger partial charge in [0.2, 0.25) is 5.76 Å². The molecule has 3 saturated carbocycles. The highest BCUT2D eigenvalue weighted by atomic mass is 32.2. The van der Waals surface area contributed by atoms with E-state index >= 15 is 8.78 Å². The second-order valence-corrected chi connectivity index (χ2v) is 12.2. The molecule has 1 N–H and O–H groups in total. The lowest BCUT2D eigenvalue weighted by atomic mass is 9.45. The van der Waals surface area contributed by atoms with E-state index in [1.165, 1.54) is 37.5 Å². The highest BCUT2D eigenvalue weighted by Gasteiger charge is 2.76. The smallest absolute Gasteiger partial charge is 0.374 e. The van der Waals surface area contributed by atoms with Crippen molar-refractivity contribution in [1.29, 1.82) is 0 Å². The summed E-state index contributed by atoms with van der Waals surface area (Å²) in [5.41, 5.74) is -6.55. The number of ether oxygens (including phenoxy) is 1.